The van der Waals surface area contributed by atoms with E-state index < -0.39 is 11.7 Å². The van der Waals surface area contributed by atoms with Crippen molar-refractivity contribution < 1.29 is 28.1 Å². The molecule has 7 nitrogen and oxygen atoms in total. The maximum atomic E-state index is 12.2. The van der Waals surface area contributed by atoms with E-state index in [4.69, 9.17) is 13.8 Å². The number of hydrogen-bond acceptors (Lipinski definition) is 6. The standard InChI is InChI=1S/C24H28N2O5S/c1-15-11-12-19(21(16(15)2)17(3)27)26(31-32)13-6-7-14-29-20-10-8-9-18-22(20)25-23(28)30-24(18,4)5/h8-13H,6-7,14H2,1-5H3,(H-,25,28,32)/p+1. The van der Waals surface area contributed by atoms with Crippen molar-refractivity contribution in [1.82, 2.24) is 0 Å². The lowest BCUT2D eigenvalue weighted by Gasteiger charge is -2.33. The third kappa shape index (κ3) is 4.91. The van der Waals surface area contributed by atoms with Crippen molar-refractivity contribution in [3.63, 3.8) is 0 Å². The molecule has 1 aliphatic heterocycles. The lowest BCUT2D eigenvalue weighted by atomic mass is 9.94. The second kappa shape index (κ2) is 9.65. The second-order valence-electron chi connectivity index (χ2n) is 8.24. The number of ketones is 1. The van der Waals surface area contributed by atoms with E-state index in [1.54, 1.807) is 6.92 Å². The Hall–Kier alpha value is -3.00. The molecule has 0 aromatic heterocycles. The summed E-state index contributed by atoms with van der Waals surface area (Å²) < 4.78 is 18.0. The van der Waals surface area contributed by atoms with Gasteiger partial charge in [0, 0.05) is 22.8 Å². The van der Waals surface area contributed by atoms with Crippen molar-refractivity contribution in [1.29, 1.82) is 0 Å². The third-order valence-corrected chi connectivity index (χ3v) is 5.72. The summed E-state index contributed by atoms with van der Waals surface area (Å²) in [5, 5.41) is 2.74. The quantitative estimate of drug-likeness (QED) is 0.102. The number of nitrogens with zero attached hydrogens (tertiary/aromatic N) is 1. The van der Waals surface area contributed by atoms with E-state index in [9.17, 15) is 9.59 Å². The highest BCUT2D eigenvalue weighted by Gasteiger charge is 2.35. The highest BCUT2D eigenvalue weighted by atomic mass is 32.1. The van der Waals surface area contributed by atoms with Gasteiger partial charge < -0.3 is 9.47 Å². The van der Waals surface area contributed by atoms with Gasteiger partial charge in [-0.15, -0.1) is 0 Å². The molecule has 1 N–H and O–H groups in total. The Morgan fingerprint density at radius 1 is 1.25 bits per heavy atom. The van der Waals surface area contributed by atoms with Crippen LogP contribution < -0.4 is 10.1 Å². The zero-order chi connectivity index (χ0) is 23.5. The molecule has 32 heavy (non-hydrogen) atoms. The van der Waals surface area contributed by atoms with Crippen LogP contribution in [0.4, 0.5) is 16.2 Å². The van der Waals surface area contributed by atoms with E-state index in [1.165, 1.54) is 4.74 Å². The number of cyclic esters (lactones) is 1. The maximum Gasteiger partial charge on any atom is 0.412 e. The van der Waals surface area contributed by atoms with Gasteiger partial charge in [-0.25, -0.2) is 4.79 Å². The second-order valence-corrected chi connectivity index (χ2v) is 8.41. The number of anilines is 1. The first-order valence-electron chi connectivity index (χ1n) is 10.5. The van der Waals surface area contributed by atoms with E-state index in [0.29, 0.717) is 42.1 Å². The number of fused-ring (bicyclic) bond motifs is 1. The molecule has 1 heterocycles. The summed E-state index contributed by atoms with van der Waals surface area (Å²) in [5.74, 6) is 0.568. The van der Waals surface area contributed by atoms with Crippen LogP contribution in [0.25, 0.3) is 0 Å². The smallest absolute Gasteiger partial charge is 0.412 e. The van der Waals surface area contributed by atoms with Gasteiger partial charge in [-0.1, -0.05) is 18.2 Å². The number of rotatable bonds is 8. The molecule has 3 rings (SSSR count). The number of nitrogens with one attached hydrogen (secondary N) is 1. The summed E-state index contributed by atoms with van der Waals surface area (Å²) in [4.78, 5) is 24.1. The Morgan fingerprint density at radius 3 is 2.69 bits per heavy atom. The molecule has 0 atom stereocenters. The summed E-state index contributed by atoms with van der Waals surface area (Å²) in [6.07, 6.45) is 2.64. The predicted molar refractivity (Wildman–Crippen MR) is 126 cm³/mol. The van der Waals surface area contributed by atoms with Crippen LogP contribution in [-0.2, 0) is 14.6 Å². The highest BCUT2D eigenvalue weighted by molar-refractivity contribution is 7.74. The van der Waals surface area contributed by atoms with Crippen LogP contribution in [0.2, 0.25) is 0 Å². The Morgan fingerprint density at radius 2 is 2.00 bits per heavy atom. The highest BCUT2D eigenvalue weighted by Crippen LogP contribution is 2.40. The minimum atomic E-state index is -0.726. The molecular formula is C24H29N2O5S+. The molecule has 0 spiro atoms. The number of hydrogen-bond donors (Lipinski definition) is 2. The molecule has 170 valence electrons. The number of benzene rings is 2. The van der Waals surface area contributed by atoms with Gasteiger partial charge in [-0.3, -0.25) is 10.1 Å². The van der Waals surface area contributed by atoms with E-state index >= 15 is 0 Å². The van der Waals surface area contributed by atoms with Crippen LogP contribution >= 0.6 is 12.9 Å². The van der Waals surface area contributed by atoms with Gasteiger partial charge in [-0.2, -0.15) is 4.28 Å². The summed E-state index contributed by atoms with van der Waals surface area (Å²) >= 11 is 3.96. The Balaban J connectivity index is 1.69. The molecule has 0 saturated carbocycles. The zero-order valence-corrected chi connectivity index (χ0v) is 19.9. The van der Waals surface area contributed by atoms with Gasteiger partial charge in [0.05, 0.1) is 17.9 Å². The van der Waals surface area contributed by atoms with Crippen molar-refractivity contribution in [2.24, 2.45) is 0 Å². The predicted octanol–water partition coefficient (Wildman–Crippen LogP) is 5.65. The number of aryl methyl sites for hydroxylation is 1. The van der Waals surface area contributed by atoms with Gasteiger partial charge in [0.1, 0.15) is 24.3 Å². The fourth-order valence-electron chi connectivity index (χ4n) is 3.78. The molecule has 0 saturated heterocycles. The largest absolute Gasteiger partial charge is 0.491 e. The number of unbranched alkanes of at least 4 members (excludes halogenated alkanes) is 1. The average Bonchev–Trinajstić information content (AvgIpc) is 2.72. The Kier molecular flexibility index (Phi) is 7.13. The third-order valence-electron chi connectivity index (χ3n) is 5.54. The molecule has 0 aliphatic carbocycles. The summed E-state index contributed by atoms with van der Waals surface area (Å²) in [6.45, 7) is 9.55. The summed E-state index contributed by atoms with van der Waals surface area (Å²) in [6, 6.07) is 9.41. The molecule has 0 bridgehead atoms. The fraction of sp³-hybridized carbons (Fsp3) is 0.375. The zero-order valence-electron chi connectivity index (χ0n) is 19.0. The molecule has 1 amide bonds. The van der Waals surface area contributed by atoms with E-state index in [1.807, 2.05) is 64.2 Å². The number of amides is 1. The van der Waals surface area contributed by atoms with Crippen LogP contribution in [0.15, 0.2) is 30.3 Å². The monoisotopic (exact) mass is 457 g/mol. The molecule has 0 fully saturated rings. The van der Waals surface area contributed by atoms with Gasteiger partial charge in [0.15, 0.2) is 5.78 Å². The molecule has 1 aliphatic rings. The number of para-hydroxylation sites is 1. The van der Waals surface area contributed by atoms with Gasteiger partial charge in [0.25, 0.3) is 5.69 Å². The van der Waals surface area contributed by atoms with Crippen molar-refractivity contribution in [3.05, 3.63) is 52.6 Å². The number of thiol groups is 1. The fourth-order valence-corrected chi connectivity index (χ4v) is 3.93. The first kappa shape index (κ1) is 23.7. The minimum absolute atomic E-state index is 0.0314. The van der Waals surface area contributed by atoms with Gasteiger partial charge in [0.2, 0.25) is 6.21 Å². The molecule has 2 aromatic carbocycles. The lowest BCUT2D eigenvalue weighted by Crippen LogP contribution is -2.34. The molecular weight excluding hydrogens is 428 g/mol. The number of Topliss-reactive ketones (excluding diaryl/α,β-unsaturated/α-hetero) is 1. The van der Waals surface area contributed by atoms with Crippen molar-refractivity contribution in [2.45, 2.75) is 53.1 Å². The van der Waals surface area contributed by atoms with Crippen LogP contribution in [0.3, 0.4) is 0 Å². The first-order valence-corrected chi connectivity index (χ1v) is 10.8. The summed E-state index contributed by atoms with van der Waals surface area (Å²) in [7, 11) is 0. The Bertz CT molecular complexity index is 1080. The van der Waals surface area contributed by atoms with Crippen molar-refractivity contribution in [3.8, 4) is 5.75 Å². The SMILES string of the molecule is CC(=O)c1c([N+](=CCCCOc2cccc3c2NC(=O)OC3(C)C)OS)ccc(C)c1C. The van der Waals surface area contributed by atoms with Crippen molar-refractivity contribution in [2.75, 3.05) is 11.9 Å². The van der Waals surface area contributed by atoms with Gasteiger partial charge in [-0.05, 0) is 58.2 Å². The lowest BCUT2D eigenvalue weighted by molar-refractivity contribution is -0.672. The number of ether oxygens (including phenoxy) is 2. The van der Waals surface area contributed by atoms with Crippen molar-refractivity contribution >= 4 is 42.4 Å². The normalized spacial score (nSPS) is 14.8. The van der Waals surface area contributed by atoms with E-state index in [0.717, 1.165) is 16.7 Å². The van der Waals surface area contributed by atoms with E-state index in [2.05, 4.69) is 18.2 Å². The topological polar surface area (TPSA) is 76.9 Å². The first-order chi connectivity index (χ1) is 15.2. The van der Waals surface area contributed by atoms with Gasteiger partial charge >= 0.3 is 6.09 Å². The molecule has 0 radical (unpaired) electrons. The van der Waals surface area contributed by atoms with Crippen LogP contribution in [0.1, 0.15) is 60.7 Å². The molecule has 8 heteroatoms. The minimum Gasteiger partial charge on any atom is -0.491 e. The average molecular weight is 458 g/mol. The number of carbonyl (C=O) groups is 2. The number of carbonyl (C=O) groups excluding carboxylic acids is 2. The molecule has 2 aromatic rings. The van der Waals surface area contributed by atoms with Crippen LogP contribution in [0.5, 0.6) is 5.75 Å². The summed E-state index contributed by atoms with van der Waals surface area (Å²) in [5.41, 5.74) is 4.00. The van der Waals surface area contributed by atoms with Crippen LogP contribution in [-0.4, -0.2) is 29.4 Å². The maximum absolute atomic E-state index is 12.2. The van der Waals surface area contributed by atoms with Crippen LogP contribution in [0, 0.1) is 13.8 Å². The Labute approximate surface area is 193 Å². The van der Waals surface area contributed by atoms with E-state index in [-0.39, 0.29) is 5.78 Å². The molecule has 0 unspecified atom stereocenters.